The average molecular weight is 413 g/mol. The summed E-state index contributed by atoms with van der Waals surface area (Å²) in [4.78, 5) is 39.8. The van der Waals surface area contributed by atoms with E-state index in [1.807, 2.05) is 39.0 Å². The van der Waals surface area contributed by atoms with Crippen molar-refractivity contribution in [2.24, 2.45) is 0 Å². The molecule has 4 rings (SSSR count). The number of hydrogen-bond donors (Lipinski definition) is 0. The van der Waals surface area contributed by atoms with Crippen molar-refractivity contribution in [1.82, 2.24) is 4.90 Å². The number of ether oxygens (including phenoxy) is 1. The smallest absolute Gasteiger partial charge is 0.338 e. The molecule has 0 saturated carbocycles. The van der Waals surface area contributed by atoms with Crippen LogP contribution >= 0.6 is 0 Å². The molecule has 5 nitrogen and oxygen atoms in total. The molecular formula is C26H23NO4. The molecule has 5 heteroatoms. The van der Waals surface area contributed by atoms with Crippen molar-refractivity contribution in [3.8, 4) is 0 Å². The minimum Gasteiger partial charge on any atom is -0.456 e. The molecule has 0 unspecified atom stereocenters. The van der Waals surface area contributed by atoms with Crippen LogP contribution in [0.5, 0.6) is 0 Å². The fourth-order valence-corrected chi connectivity index (χ4v) is 3.76. The largest absolute Gasteiger partial charge is 0.456 e. The van der Waals surface area contributed by atoms with E-state index in [4.69, 9.17) is 4.74 Å². The van der Waals surface area contributed by atoms with Gasteiger partial charge < -0.3 is 4.74 Å². The molecule has 0 aliphatic carbocycles. The predicted molar refractivity (Wildman–Crippen MR) is 120 cm³/mol. The van der Waals surface area contributed by atoms with Gasteiger partial charge in [0.05, 0.1) is 12.1 Å². The van der Waals surface area contributed by atoms with E-state index in [0.717, 1.165) is 16.5 Å². The van der Waals surface area contributed by atoms with Crippen LogP contribution in [-0.2, 0) is 11.3 Å². The molecule has 0 saturated heterocycles. The van der Waals surface area contributed by atoms with E-state index in [9.17, 15) is 14.4 Å². The monoisotopic (exact) mass is 413 g/mol. The summed E-state index contributed by atoms with van der Waals surface area (Å²) in [5, 5.41) is 1.51. The summed E-state index contributed by atoms with van der Waals surface area (Å²) in [6, 6.07) is 15.8. The van der Waals surface area contributed by atoms with Crippen molar-refractivity contribution >= 4 is 34.6 Å². The van der Waals surface area contributed by atoms with Crippen molar-refractivity contribution in [3.63, 3.8) is 0 Å². The molecule has 0 bridgehead atoms. The maximum absolute atomic E-state index is 13.2. The highest BCUT2D eigenvalue weighted by molar-refractivity contribution is 6.26. The third kappa shape index (κ3) is 3.75. The third-order valence-electron chi connectivity index (χ3n) is 5.17. The van der Waals surface area contributed by atoms with E-state index < -0.39 is 11.6 Å². The Balaban J connectivity index is 1.63. The second-order valence-corrected chi connectivity index (χ2v) is 8.53. The first kappa shape index (κ1) is 20.5. The molecular weight excluding hydrogens is 390 g/mol. The van der Waals surface area contributed by atoms with Gasteiger partial charge in [-0.05, 0) is 61.5 Å². The Morgan fingerprint density at radius 2 is 1.61 bits per heavy atom. The van der Waals surface area contributed by atoms with Gasteiger partial charge in [-0.3, -0.25) is 14.5 Å². The van der Waals surface area contributed by atoms with Crippen molar-refractivity contribution in [1.29, 1.82) is 0 Å². The fraction of sp³-hybridized carbons (Fsp3) is 0.192. The van der Waals surface area contributed by atoms with Gasteiger partial charge in [-0.25, -0.2) is 4.79 Å². The normalized spacial score (nSPS) is 13.5. The lowest BCUT2D eigenvalue weighted by molar-refractivity contribution is 0.00690. The number of nitrogens with zero attached hydrogens (tertiary/aromatic N) is 1. The van der Waals surface area contributed by atoms with Gasteiger partial charge in [0.15, 0.2) is 0 Å². The van der Waals surface area contributed by atoms with Crippen molar-refractivity contribution in [3.05, 3.63) is 89.0 Å². The van der Waals surface area contributed by atoms with Crippen LogP contribution in [0.25, 0.3) is 16.8 Å². The van der Waals surface area contributed by atoms with Crippen molar-refractivity contribution in [2.45, 2.75) is 32.9 Å². The zero-order valence-electron chi connectivity index (χ0n) is 17.8. The van der Waals surface area contributed by atoms with Gasteiger partial charge in [-0.1, -0.05) is 43.0 Å². The van der Waals surface area contributed by atoms with Gasteiger partial charge in [0.1, 0.15) is 5.60 Å². The summed E-state index contributed by atoms with van der Waals surface area (Å²) in [6.07, 6.45) is 1.72. The third-order valence-corrected chi connectivity index (χ3v) is 5.17. The summed E-state index contributed by atoms with van der Waals surface area (Å²) in [7, 11) is 0. The molecule has 1 heterocycles. The second kappa shape index (κ2) is 7.51. The minimum absolute atomic E-state index is 0.116. The molecule has 0 aromatic heterocycles. The first-order valence-corrected chi connectivity index (χ1v) is 10.1. The van der Waals surface area contributed by atoms with Crippen molar-refractivity contribution in [2.75, 3.05) is 0 Å². The SMILES string of the molecule is C=Cc1ccc2c3c(cccc13)C(=O)N(Cc1ccc(C(=O)OC(C)(C)C)cc1)C2=O. The van der Waals surface area contributed by atoms with Crippen LogP contribution in [0, 0.1) is 0 Å². The van der Waals surface area contributed by atoms with E-state index >= 15 is 0 Å². The summed E-state index contributed by atoms with van der Waals surface area (Å²) in [5.74, 6) is -1.08. The quantitative estimate of drug-likeness (QED) is 0.434. The number of imide groups is 1. The highest BCUT2D eigenvalue weighted by atomic mass is 16.6. The molecule has 3 aromatic carbocycles. The standard InChI is InChI=1S/C26H23NO4/c1-5-17-13-14-21-22-19(17)7-6-8-20(22)23(28)27(24(21)29)15-16-9-11-18(12-10-16)25(30)31-26(2,3)4/h5-14H,1,15H2,2-4H3. The first-order valence-electron chi connectivity index (χ1n) is 10.1. The van der Waals surface area contributed by atoms with Crippen LogP contribution in [0.1, 0.15) is 63.0 Å². The zero-order valence-corrected chi connectivity index (χ0v) is 17.8. The molecule has 1 aliphatic heterocycles. The molecule has 0 N–H and O–H groups in total. The molecule has 3 aromatic rings. The number of carbonyl (C=O) groups is 3. The highest BCUT2D eigenvalue weighted by Gasteiger charge is 2.33. The van der Waals surface area contributed by atoms with E-state index in [0.29, 0.717) is 22.1 Å². The van der Waals surface area contributed by atoms with E-state index in [2.05, 4.69) is 6.58 Å². The van der Waals surface area contributed by atoms with Gasteiger partial charge in [-0.15, -0.1) is 0 Å². The van der Waals surface area contributed by atoms with Gasteiger partial charge in [0.25, 0.3) is 11.8 Å². The number of rotatable bonds is 4. The molecule has 0 atom stereocenters. The number of hydrogen-bond acceptors (Lipinski definition) is 4. The van der Waals surface area contributed by atoms with E-state index in [1.165, 1.54) is 4.90 Å². The predicted octanol–water partition coefficient (Wildman–Crippen LogP) is 5.23. The fourth-order valence-electron chi connectivity index (χ4n) is 3.76. The molecule has 2 amide bonds. The van der Waals surface area contributed by atoms with Crippen LogP contribution in [-0.4, -0.2) is 28.3 Å². The Bertz CT molecular complexity index is 1210. The van der Waals surface area contributed by atoms with Gasteiger partial charge >= 0.3 is 5.97 Å². The van der Waals surface area contributed by atoms with Crippen LogP contribution in [0.15, 0.2) is 61.2 Å². The van der Waals surface area contributed by atoms with E-state index in [1.54, 1.807) is 42.5 Å². The Labute approximate surface area is 180 Å². The first-order chi connectivity index (χ1) is 14.7. The lowest BCUT2D eigenvalue weighted by atomic mass is 9.91. The van der Waals surface area contributed by atoms with Crippen molar-refractivity contribution < 1.29 is 19.1 Å². The van der Waals surface area contributed by atoms with E-state index in [-0.39, 0.29) is 18.4 Å². The number of esters is 1. The Morgan fingerprint density at radius 3 is 2.23 bits per heavy atom. The lowest BCUT2D eigenvalue weighted by Crippen LogP contribution is -2.39. The summed E-state index contributed by atoms with van der Waals surface area (Å²) in [6.45, 7) is 9.36. The minimum atomic E-state index is -0.581. The molecule has 0 fully saturated rings. The van der Waals surface area contributed by atoms with Crippen LogP contribution < -0.4 is 0 Å². The summed E-state index contributed by atoms with van der Waals surface area (Å²) < 4.78 is 5.37. The molecule has 0 radical (unpaired) electrons. The Kier molecular flexibility index (Phi) is 4.97. The highest BCUT2D eigenvalue weighted by Crippen LogP contribution is 2.33. The number of amides is 2. The van der Waals surface area contributed by atoms with Crippen LogP contribution in [0.3, 0.4) is 0 Å². The lowest BCUT2D eigenvalue weighted by Gasteiger charge is -2.27. The average Bonchev–Trinajstić information content (AvgIpc) is 2.73. The van der Waals surface area contributed by atoms with Gasteiger partial charge in [-0.2, -0.15) is 0 Å². The topological polar surface area (TPSA) is 63.7 Å². The van der Waals surface area contributed by atoms with Crippen LogP contribution in [0.2, 0.25) is 0 Å². The van der Waals surface area contributed by atoms with Gasteiger partial charge in [0, 0.05) is 16.5 Å². The maximum Gasteiger partial charge on any atom is 0.338 e. The van der Waals surface area contributed by atoms with Gasteiger partial charge in [0.2, 0.25) is 0 Å². The summed E-state index contributed by atoms with van der Waals surface area (Å²) >= 11 is 0. The summed E-state index contributed by atoms with van der Waals surface area (Å²) in [5.41, 5.74) is 2.46. The number of benzene rings is 3. The molecule has 156 valence electrons. The maximum atomic E-state index is 13.2. The zero-order chi connectivity index (χ0) is 22.3. The molecule has 1 aliphatic rings. The number of carbonyl (C=O) groups excluding carboxylic acids is 3. The Hall–Kier alpha value is -3.73. The Morgan fingerprint density at radius 1 is 0.968 bits per heavy atom. The second-order valence-electron chi connectivity index (χ2n) is 8.53. The van der Waals surface area contributed by atoms with Crippen LogP contribution in [0.4, 0.5) is 0 Å². The molecule has 0 spiro atoms. The molecule has 31 heavy (non-hydrogen) atoms.